The fourth-order valence-electron chi connectivity index (χ4n) is 2.65. The van der Waals surface area contributed by atoms with Crippen LogP contribution >= 0.6 is 0 Å². The van der Waals surface area contributed by atoms with Crippen molar-refractivity contribution in [3.63, 3.8) is 0 Å². The lowest BCUT2D eigenvalue weighted by molar-refractivity contribution is 0.0741. The minimum absolute atomic E-state index is 0.0709. The summed E-state index contributed by atoms with van der Waals surface area (Å²) in [5.41, 5.74) is 6.16. The topological polar surface area (TPSA) is 102 Å². The molecule has 23 heavy (non-hydrogen) atoms. The lowest BCUT2D eigenvalue weighted by atomic mass is 10.1. The maximum absolute atomic E-state index is 12.5. The van der Waals surface area contributed by atoms with E-state index in [4.69, 9.17) is 10.5 Å². The molecule has 0 radical (unpaired) electrons. The minimum atomic E-state index is -3.58. The summed E-state index contributed by atoms with van der Waals surface area (Å²) in [6, 6.07) is 6.03. The maximum atomic E-state index is 12.5. The smallest absolute Gasteiger partial charge is 0.254 e. The van der Waals surface area contributed by atoms with E-state index >= 15 is 0 Å². The van der Waals surface area contributed by atoms with Gasteiger partial charge in [-0.05, 0) is 37.1 Å². The van der Waals surface area contributed by atoms with Crippen molar-refractivity contribution < 1.29 is 17.9 Å². The number of methoxy groups -OCH3 is 1. The molecule has 0 aliphatic carbocycles. The van der Waals surface area contributed by atoms with Crippen LogP contribution in [-0.2, 0) is 14.8 Å². The second kappa shape index (κ2) is 7.87. The van der Waals surface area contributed by atoms with Crippen LogP contribution in [0.5, 0.6) is 0 Å². The zero-order valence-electron chi connectivity index (χ0n) is 13.2. The molecule has 0 saturated carbocycles. The molecular formula is C15H23N3O4S. The standard InChI is InChI=1S/C15H23N3O4S/c1-22-10-8-17-23(20,21)14-6-4-12(5-7-14)15(19)18-9-2-3-13(18)11-16/h4-7,13,17H,2-3,8-11,16H2,1H3. The van der Waals surface area contributed by atoms with E-state index in [1.54, 1.807) is 17.0 Å². The highest BCUT2D eigenvalue weighted by Gasteiger charge is 2.28. The average Bonchev–Trinajstić information content (AvgIpc) is 3.03. The van der Waals surface area contributed by atoms with Crippen LogP contribution < -0.4 is 10.5 Å². The number of nitrogens with two attached hydrogens (primary N) is 1. The van der Waals surface area contributed by atoms with Gasteiger partial charge in [0.15, 0.2) is 0 Å². The average molecular weight is 341 g/mol. The van der Waals surface area contributed by atoms with E-state index in [1.165, 1.54) is 19.2 Å². The predicted molar refractivity (Wildman–Crippen MR) is 86.6 cm³/mol. The molecule has 7 nitrogen and oxygen atoms in total. The number of carbonyl (C=O) groups excluding carboxylic acids is 1. The molecule has 2 rings (SSSR count). The van der Waals surface area contributed by atoms with E-state index in [1.807, 2.05) is 0 Å². The molecule has 1 aliphatic rings. The Labute approximate surface area is 136 Å². The van der Waals surface area contributed by atoms with Crippen molar-refractivity contribution in [3.05, 3.63) is 29.8 Å². The first-order valence-corrected chi connectivity index (χ1v) is 9.07. The van der Waals surface area contributed by atoms with Crippen molar-refractivity contribution in [3.8, 4) is 0 Å². The third kappa shape index (κ3) is 4.29. The molecule has 0 spiro atoms. The summed E-state index contributed by atoms with van der Waals surface area (Å²) in [6.07, 6.45) is 1.86. The van der Waals surface area contributed by atoms with Gasteiger partial charge in [0, 0.05) is 38.3 Å². The molecule has 3 N–H and O–H groups in total. The lowest BCUT2D eigenvalue weighted by Gasteiger charge is -2.23. The van der Waals surface area contributed by atoms with Crippen molar-refractivity contribution in [2.45, 2.75) is 23.8 Å². The van der Waals surface area contributed by atoms with Gasteiger partial charge in [0.05, 0.1) is 11.5 Å². The van der Waals surface area contributed by atoms with Crippen LogP contribution in [0, 0.1) is 0 Å². The molecule has 1 fully saturated rings. The van der Waals surface area contributed by atoms with Crippen LogP contribution in [0.25, 0.3) is 0 Å². The summed E-state index contributed by atoms with van der Waals surface area (Å²) in [5.74, 6) is -0.103. The largest absolute Gasteiger partial charge is 0.383 e. The highest BCUT2D eigenvalue weighted by atomic mass is 32.2. The molecule has 1 heterocycles. The van der Waals surface area contributed by atoms with Crippen molar-refractivity contribution in [1.82, 2.24) is 9.62 Å². The van der Waals surface area contributed by atoms with Crippen molar-refractivity contribution >= 4 is 15.9 Å². The highest BCUT2D eigenvalue weighted by Crippen LogP contribution is 2.20. The number of nitrogens with one attached hydrogen (secondary N) is 1. The van der Waals surface area contributed by atoms with E-state index in [0.29, 0.717) is 25.3 Å². The van der Waals surface area contributed by atoms with Crippen LogP contribution in [0.2, 0.25) is 0 Å². The molecule has 1 unspecified atom stereocenters. The number of nitrogens with zero attached hydrogens (tertiary/aromatic N) is 1. The quantitative estimate of drug-likeness (QED) is 0.689. The van der Waals surface area contributed by atoms with Gasteiger partial charge in [-0.2, -0.15) is 0 Å². The van der Waals surface area contributed by atoms with Gasteiger partial charge in [-0.3, -0.25) is 4.79 Å². The summed E-state index contributed by atoms with van der Waals surface area (Å²) in [4.78, 5) is 14.4. The van der Waals surface area contributed by atoms with Gasteiger partial charge in [0.1, 0.15) is 0 Å². The number of ether oxygens (including phenoxy) is 1. The van der Waals surface area contributed by atoms with Gasteiger partial charge in [-0.15, -0.1) is 0 Å². The molecule has 1 aromatic rings. The third-order valence-electron chi connectivity index (χ3n) is 3.92. The predicted octanol–water partition coefficient (Wildman–Crippen LogP) is 0.175. The maximum Gasteiger partial charge on any atom is 0.254 e. The van der Waals surface area contributed by atoms with Gasteiger partial charge >= 0.3 is 0 Å². The first kappa shape index (κ1) is 17.9. The first-order valence-electron chi connectivity index (χ1n) is 7.59. The van der Waals surface area contributed by atoms with E-state index in [2.05, 4.69) is 4.72 Å². The van der Waals surface area contributed by atoms with Crippen LogP contribution in [0.4, 0.5) is 0 Å². The second-order valence-corrected chi connectivity index (χ2v) is 7.21. The number of hydrogen-bond acceptors (Lipinski definition) is 5. The number of likely N-dealkylation sites (tertiary alicyclic amines) is 1. The monoisotopic (exact) mass is 341 g/mol. The van der Waals surface area contributed by atoms with E-state index in [9.17, 15) is 13.2 Å². The Morgan fingerprint density at radius 1 is 1.39 bits per heavy atom. The van der Waals surface area contributed by atoms with Crippen LogP contribution in [0.15, 0.2) is 29.2 Å². The molecule has 1 saturated heterocycles. The van der Waals surface area contributed by atoms with Gasteiger partial charge in [0.25, 0.3) is 5.91 Å². The molecule has 1 atom stereocenters. The highest BCUT2D eigenvalue weighted by molar-refractivity contribution is 7.89. The van der Waals surface area contributed by atoms with E-state index in [0.717, 1.165) is 12.8 Å². The molecular weight excluding hydrogens is 318 g/mol. The summed E-state index contributed by atoms with van der Waals surface area (Å²) in [5, 5.41) is 0. The van der Waals surface area contributed by atoms with E-state index < -0.39 is 10.0 Å². The number of carbonyl (C=O) groups is 1. The van der Waals surface area contributed by atoms with Gasteiger partial charge in [-0.25, -0.2) is 13.1 Å². The number of hydrogen-bond donors (Lipinski definition) is 2. The van der Waals surface area contributed by atoms with Crippen LogP contribution in [-0.4, -0.2) is 58.6 Å². The molecule has 8 heteroatoms. The minimum Gasteiger partial charge on any atom is -0.383 e. The van der Waals surface area contributed by atoms with Gasteiger partial charge < -0.3 is 15.4 Å². The third-order valence-corrected chi connectivity index (χ3v) is 5.40. The molecule has 0 aromatic heterocycles. The Morgan fingerprint density at radius 3 is 2.70 bits per heavy atom. The Morgan fingerprint density at radius 2 is 2.09 bits per heavy atom. The van der Waals surface area contributed by atoms with Gasteiger partial charge in [0.2, 0.25) is 10.0 Å². The van der Waals surface area contributed by atoms with Crippen molar-refractivity contribution in [2.24, 2.45) is 5.73 Å². The second-order valence-electron chi connectivity index (χ2n) is 5.45. The number of sulfonamides is 1. The fourth-order valence-corrected chi connectivity index (χ4v) is 3.67. The number of rotatable bonds is 7. The van der Waals surface area contributed by atoms with Crippen molar-refractivity contribution in [1.29, 1.82) is 0 Å². The van der Waals surface area contributed by atoms with E-state index in [-0.39, 0.29) is 23.4 Å². The molecule has 0 bridgehead atoms. The Hall–Kier alpha value is -1.48. The zero-order chi connectivity index (χ0) is 16.9. The lowest BCUT2D eigenvalue weighted by Crippen LogP contribution is -2.39. The summed E-state index contributed by atoms with van der Waals surface area (Å²) in [6.45, 7) is 1.64. The van der Waals surface area contributed by atoms with Crippen molar-refractivity contribution in [2.75, 3.05) is 33.4 Å². The zero-order valence-corrected chi connectivity index (χ0v) is 14.0. The number of benzene rings is 1. The molecule has 1 aromatic carbocycles. The SMILES string of the molecule is COCCNS(=O)(=O)c1ccc(C(=O)N2CCCC2CN)cc1. The molecule has 128 valence electrons. The molecule has 1 amide bonds. The molecule has 1 aliphatic heterocycles. The van der Waals surface area contributed by atoms with Crippen LogP contribution in [0.3, 0.4) is 0 Å². The fraction of sp³-hybridized carbons (Fsp3) is 0.533. The normalized spacial score (nSPS) is 18.3. The summed E-state index contributed by atoms with van der Waals surface area (Å²) >= 11 is 0. The van der Waals surface area contributed by atoms with Crippen LogP contribution in [0.1, 0.15) is 23.2 Å². The summed E-state index contributed by atoms with van der Waals surface area (Å²) in [7, 11) is -2.08. The Bertz CT molecular complexity index is 631. The number of amides is 1. The Balaban J connectivity index is 2.08. The Kier molecular flexibility index (Phi) is 6.11. The first-order chi connectivity index (χ1) is 11.0. The summed E-state index contributed by atoms with van der Waals surface area (Å²) < 4.78 is 31.4. The van der Waals surface area contributed by atoms with Gasteiger partial charge in [-0.1, -0.05) is 0 Å².